The molecule has 30 heavy (non-hydrogen) atoms. The second-order valence-electron chi connectivity index (χ2n) is 8.80. The molecule has 0 aliphatic rings. The van der Waals surface area contributed by atoms with E-state index in [1.807, 2.05) is 53.7 Å². The van der Waals surface area contributed by atoms with Crippen LogP contribution in [0.4, 0.5) is 5.69 Å². The van der Waals surface area contributed by atoms with Crippen molar-refractivity contribution in [3.63, 3.8) is 0 Å². The highest BCUT2D eigenvalue weighted by Crippen LogP contribution is 2.18. The number of anilines is 1. The molecule has 2 aromatic carbocycles. The van der Waals surface area contributed by atoms with Crippen LogP contribution in [0.2, 0.25) is 0 Å². The Bertz CT molecular complexity index is 912. The molecule has 160 valence electrons. The predicted molar refractivity (Wildman–Crippen MR) is 120 cm³/mol. The van der Waals surface area contributed by atoms with Crippen LogP contribution in [-0.2, 0) is 4.79 Å². The Morgan fingerprint density at radius 3 is 2.03 bits per heavy atom. The molecule has 0 aromatic heterocycles. The minimum atomic E-state index is -0.697. The van der Waals surface area contributed by atoms with Gasteiger partial charge in [0.25, 0.3) is 11.8 Å². The van der Waals surface area contributed by atoms with Crippen molar-refractivity contribution in [1.82, 2.24) is 10.6 Å². The Kier molecular flexibility index (Phi) is 7.38. The summed E-state index contributed by atoms with van der Waals surface area (Å²) in [6, 6.07) is 13.2. The molecule has 0 unspecified atom stereocenters. The van der Waals surface area contributed by atoms with Gasteiger partial charge in [-0.2, -0.15) is 0 Å². The van der Waals surface area contributed by atoms with Gasteiger partial charge in [0, 0.05) is 11.1 Å². The highest BCUT2D eigenvalue weighted by Gasteiger charge is 2.28. The first-order chi connectivity index (χ1) is 14.0. The topological polar surface area (TPSA) is 87.3 Å². The minimum Gasteiger partial charge on any atom is -0.350 e. The first-order valence-electron chi connectivity index (χ1n) is 10.1. The molecule has 0 aliphatic carbocycles. The van der Waals surface area contributed by atoms with Gasteiger partial charge in [-0.3, -0.25) is 14.4 Å². The van der Waals surface area contributed by atoms with Crippen LogP contribution >= 0.6 is 0 Å². The number of para-hydroxylation sites is 1. The van der Waals surface area contributed by atoms with Gasteiger partial charge in [-0.25, -0.2) is 0 Å². The number of aryl methyl sites for hydroxylation is 1. The van der Waals surface area contributed by atoms with E-state index in [2.05, 4.69) is 16.0 Å². The van der Waals surface area contributed by atoms with Gasteiger partial charge in [-0.15, -0.1) is 0 Å². The molecule has 0 spiro atoms. The number of carbonyl (C=O) groups excluding carboxylic acids is 3. The average Bonchev–Trinajstić information content (AvgIpc) is 2.65. The summed E-state index contributed by atoms with van der Waals surface area (Å²) in [6.07, 6.45) is 0. The van der Waals surface area contributed by atoms with Gasteiger partial charge in [0.15, 0.2) is 0 Å². The maximum atomic E-state index is 13.0. The van der Waals surface area contributed by atoms with Crippen LogP contribution in [0, 0.1) is 12.8 Å². The van der Waals surface area contributed by atoms with Gasteiger partial charge in [0.1, 0.15) is 6.04 Å². The second kappa shape index (κ2) is 9.57. The molecule has 6 heteroatoms. The molecule has 0 saturated heterocycles. The molecule has 2 rings (SSSR count). The summed E-state index contributed by atoms with van der Waals surface area (Å²) in [7, 11) is 0. The fourth-order valence-electron chi connectivity index (χ4n) is 2.89. The summed E-state index contributed by atoms with van der Waals surface area (Å²) in [5, 5.41) is 8.52. The van der Waals surface area contributed by atoms with E-state index in [9.17, 15) is 14.4 Å². The van der Waals surface area contributed by atoms with Crippen molar-refractivity contribution < 1.29 is 14.4 Å². The first-order valence-corrected chi connectivity index (χ1v) is 10.1. The summed E-state index contributed by atoms with van der Waals surface area (Å²) >= 11 is 0. The number of nitrogens with one attached hydrogen (secondary N) is 3. The molecule has 3 amide bonds. The molecule has 0 radical (unpaired) electrons. The lowest BCUT2D eigenvalue weighted by Crippen LogP contribution is -2.54. The molecule has 0 bridgehead atoms. The fourth-order valence-corrected chi connectivity index (χ4v) is 2.89. The van der Waals surface area contributed by atoms with Gasteiger partial charge < -0.3 is 16.0 Å². The monoisotopic (exact) mass is 409 g/mol. The maximum absolute atomic E-state index is 13.0. The second-order valence-corrected chi connectivity index (χ2v) is 8.80. The summed E-state index contributed by atoms with van der Waals surface area (Å²) < 4.78 is 0. The van der Waals surface area contributed by atoms with Gasteiger partial charge in [0.2, 0.25) is 5.91 Å². The summed E-state index contributed by atoms with van der Waals surface area (Å²) in [6.45, 7) is 11.4. The molecule has 3 N–H and O–H groups in total. The van der Waals surface area contributed by atoms with Crippen LogP contribution in [0.3, 0.4) is 0 Å². The van der Waals surface area contributed by atoms with E-state index in [0.717, 1.165) is 5.56 Å². The van der Waals surface area contributed by atoms with E-state index in [4.69, 9.17) is 0 Å². The maximum Gasteiger partial charge on any atom is 0.255 e. The van der Waals surface area contributed by atoms with E-state index in [0.29, 0.717) is 16.8 Å². The zero-order valence-corrected chi connectivity index (χ0v) is 18.5. The van der Waals surface area contributed by atoms with Crippen LogP contribution in [0.5, 0.6) is 0 Å². The normalized spacial score (nSPS) is 12.2. The lowest BCUT2D eigenvalue weighted by atomic mass is 10.0. The number of hydrogen-bond donors (Lipinski definition) is 3. The number of hydrogen-bond acceptors (Lipinski definition) is 3. The van der Waals surface area contributed by atoms with Crippen LogP contribution in [-0.4, -0.2) is 29.3 Å². The number of carbonyl (C=O) groups is 3. The SMILES string of the molecule is Cc1ccc(C(=O)Nc2ccccc2C(=O)N[C@@H](C(=O)NC(C)(C)C)C(C)C)cc1. The Labute approximate surface area is 178 Å². The highest BCUT2D eigenvalue weighted by molar-refractivity contribution is 6.09. The van der Waals surface area contributed by atoms with E-state index in [1.54, 1.807) is 36.4 Å². The molecular weight excluding hydrogens is 378 g/mol. The molecule has 1 atom stereocenters. The number of rotatable bonds is 6. The Morgan fingerprint density at radius 2 is 1.47 bits per heavy atom. The third-order valence-corrected chi connectivity index (χ3v) is 4.47. The molecule has 2 aromatic rings. The van der Waals surface area contributed by atoms with Crippen LogP contribution < -0.4 is 16.0 Å². The standard InChI is InChI=1S/C24H31N3O3/c1-15(2)20(23(30)27-24(4,5)6)26-22(29)18-9-7-8-10-19(18)25-21(28)17-13-11-16(3)12-14-17/h7-15,20H,1-6H3,(H,25,28)(H,26,29)(H,27,30)/t20-/m1/s1. The Morgan fingerprint density at radius 1 is 0.867 bits per heavy atom. The van der Waals surface area contributed by atoms with Crippen molar-refractivity contribution in [1.29, 1.82) is 0 Å². The van der Waals surface area contributed by atoms with Gasteiger partial charge in [-0.1, -0.05) is 43.7 Å². The third kappa shape index (κ3) is 6.44. The Hall–Kier alpha value is -3.15. The number of amides is 3. The minimum absolute atomic E-state index is 0.106. The largest absolute Gasteiger partial charge is 0.350 e. The summed E-state index contributed by atoms with van der Waals surface area (Å²) in [4.78, 5) is 38.2. The van der Waals surface area contributed by atoms with Crippen LogP contribution in [0.25, 0.3) is 0 Å². The van der Waals surface area contributed by atoms with Crippen LogP contribution in [0.1, 0.15) is 60.9 Å². The van der Waals surface area contributed by atoms with E-state index in [1.165, 1.54) is 0 Å². The van der Waals surface area contributed by atoms with E-state index < -0.39 is 17.5 Å². The summed E-state index contributed by atoms with van der Waals surface area (Å²) in [5.74, 6) is -1.07. The zero-order chi connectivity index (χ0) is 22.5. The number of benzene rings is 2. The van der Waals surface area contributed by atoms with E-state index >= 15 is 0 Å². The van der Waals surface area contributed by atoms with Gasteiger partial charge >= 0.3 is 0 Å². The molecule has 0 saturated carbocycles. The quantitative estimate of drug-likeness (QED) is 0.676. The molecule has 0 aliphatic heterocycles. The lowest BCUT2D eigenvalue weighted by Gasteiger charge is -2.27. The smallest absolute Gasteiger partial charge is 0.255 e. The van der Waals surface area contributed by atoms with Crippen molar-refractivity contribution in [3.05, 3.63) is 65.2 Å². The average molecular weight is 410 g/mol. The van der Waals surface area contributed by atoms with Crippen molar-refractivity contribution in [2.75, 3.05) is 5.32 Å². The fraction of sp³-hybridized carbons (Fsp3) is 0.375. The Balaban J connectivity index is 2.20. The van der Waals surface area contributed by atoms with Crippen molar-refractivity contribution in [2.24, 2.45) is 5.92 Å². The van der Waals surface area contributed by atoms with Crippen LogP contribution in [0.15, 0.2) is 48.5 Å². The van der Waals surface area contributed by atoms with Gasteiger partial charge in [-0.05, 0) is 57.9 Å². The first kappa shape index (κ1) is 23.1. The third-order valence-electron chi connectivity index (χ3n) is 4.47. The highest BCUT2D eigenvalue weighted by atomic mass is 16.2. The molecular formula is C24H31N3O3. The molecule has 0 heterocycles. The lowest BCUT2D eigenvalue weighted by molar-refractivity contribution is -0.125. The van der Waals surface area contributed by atoms with E-state index in [-0.39, 0.29) is 17.7 Å². The molecule has 6 nitrogen and oxygen atoms in total. The van der Waals surface area contributed by atoms with Crippen molar-refractivity contribution in [2.45, 2.75) is 53.1 Å². The summed E-state index contributed by atoms with van der Waals surface area (Å²) in [5.41, 5.74) is 1.83. The van der Waals surface area contributed by atoms with Crippen molar-refractivity contribution in [3.8, 4) is 0 Å². The predicted octanol–water partition coefficient (Wildman–Crippen LogP) is 3.92. The molecule has 0 fully saturated rings. The van der Waals surface area contributed by atoms with Gasteiger partial charge in [0.05, 0.1) is 11.3 Å². The zero-order valence-electron chi connectivity index (χ0n) is 18.5. The van der Waals surface area contributed by atoms with Crippen molar-refractivity contribution >= 4 is 23.4 Å².